The molecule has 1 aliphatic rings. The summed E-state index contributed by atoms with van der Waals surface area (Å²) in [6.45, 7) is 3.24. The number of nitrogens with two attached hydrogens (primary N) is 1. The normalized spacial score (nSPS) is 17.2. The molecule has 1 amide bonds. The summed E-state index contributed by atoms with van der Waals surface area (Å²) < 4.78 is 5.28. The van der Waals surface area contributed by atoms with Gasteiger partial charge in [0.1, 0.15) is 17.6 Å². The minimum Gasteiger partial charge on any atom is -0.384 e. The first-order chi connectivity index (χ1) is 9.99. The third-order valence-corrected chi connectivity index (χ3v) is 3.68. The molecule has 2 rings (SSSR count). The summed E-state index contributed by atoms with van der Waals surface area (Å²) in [5.74, 6) is -0.125. The number of carbonyl (C=O) groups excluding carboxylic acids is 1. The lowest BCUT2D eigenvalue weighted by molar-refractivity contribution is -0.385. The van der Waals surface area contributed by atoms with Gasteiger partial charge in [0.15, 0.2) is 0 Å². The molecule has 0 aromatic carbocycles. The molecule has 1 fully saturated rings. The van der Waals surface area contributed by atoms with Crippen LogP contribution in [0.25, 0.3) is 0 Å². The number of rotatable bonds is 4. The molecule has 1 atom stereocenters. The summed E-state index contributed by atoms with van der Waals surface area (Å²) in [5.41, 5.74) is 5.10. The van der Waals surface area contributed by atoms with E-state index in [4.69, 9.17) is 10.5 Å². The molecule has 8 nitrogen and oxygen atoms in total. The van der Waals surface area contributed by atoms with Crippen LogP contribution in [0, 0.1) is 16.0 Å². The Balaban J connectivity index is 2.12. The molecule has 2 heterocycles. The molecule has 1 aliphatic heterocycles. The Hall–Kier alpha value is -2.22. The number of amides is 1. The van der Waals surface area contributed by atoms with E-state index in [-0.39, 0.29) is 23.1 Å². The molecule has 0 saturated carbocycles. The Morgan fingerprint density at radius 1 is 1.57 bits per heavy atom. The summed E-state index contributed by atoms with van der Waals surface area (Å²) >= 11 is 0. The SMILES string of the molecule is CC(NC(=O)c1cc(N)ncc1[N+](=O)[O-])C1CCOCC1. The van der Waals surface area contributed by atoms with Crippen molar-refractivity contribution in [1.82, 2.24) is 10.3 Å². The van der Waals surface area contributed by atoms with E-state index in [1.807, 2.05) is 6.92 Å². The number of nitrogen functional groups attached to an aromatic ring is 1. The third kappa shape index (κ3) is 3.66. The van der Waals surface area contributed by atoms with Gasteiger partial charge < -0.3 is 15.8 Å². The maximum atomic E-state index is 12.2. The summed E-state index contributed by atoms with van der Waals surface area (Å²) in [6, 6.07) is 1.14. The second kappa shape index (κ2) is 6.49. The van der Waals surface area contributed by atoms with Gasteiger partial charge in [-0.2, -0.15) is 0 Å². The molecule has 1 aromatic rings. The van der Waals surface area contributed by atoms with E-state index in [9.17, 15) is 14.9 Å². The number of anilines is 1. The molecule has 114 valence electrons. The third-order valence-electron chi connectivity index (χ3n) is 3.68. The molecule has 0 radical (unpaired) electrons. The quantitative estimate of drug-likeness (QED) is 0.634. The Bertz CT molecular complexity index is 543. The van der Waals surface area contributed by atoms with Crippen molar-refractivity contribution in [2.24, 2.45) is 5.92 Å². The summed E-state index contributed by atoms with van der Waals surface area (Å²) in [7, 11) is 0. The molecule has 1 aromatic heterocycles. The van der Waals surface area contributed by atoms with Crippen molar-refractivity contribution in [3.63, 3.8) is 0 Å². The summed E-state index contributed by atoms with van der Waals surface area (Å²) in [6.07, 6.45) is 2.73. The number of ether oxygens (including phenoxy) is 1. The van der Waals surface area contributed by atoms with Gasteiger partial charge in [0.25, 0.3) is 11.6 Å². The zero-order valence-electron chi connectivity index (χ0n) is 11.7. The van der Waals surface area contributed by atoms with Gasteiger partial charge in [-0.05, 0) is 31.7 Å². The van der Waals surface area contributed by atoms with Crippen LogP contribution in [-0.2, 0) is 4.74 Å². The number of hydrogen-bond acceptors (Lipinski definition) is 6. The summed E-state index contributed by atoms with van der Waals surface area (Å²) in [4.78, 5) is 26.2. The zero-order chi connectivity index (χ0) is 15.4. The van der Waals surface area contributed by atoms with Gasteiger partial charge in [0.2, 0.25) is 0 Å². The largest absolute Gasteiger partial charge is 0.384 e. The molecular formula is C13H18N4O4. The molecule has 0 spiro atoms. The van der Waals surface area contributed by atoms with Gasteiger partial charge in [-0.15, -0.1) is 0 Å². The van der Waals surface area contributed by atoms with Crippen LogP contribution in [0.1, 0.15) is 30.1 Å². The molecule has 8 heteroatoms. The highest BCUT2D eigenvalue weighted by atomic mass is 16.6. The van der Waals surface area contributed by atoms with Crippen LogP contribution in [0.4, 0.5) is 11.5 Å². The molecule has 3 N–H and O–H groups in total. The lowest BCUT2D eigenvalue weighted by atomic mass is 9.93. The zero-order valence-corrected chi connectivity index (χ0v) is 11.7. The highest BCUT2D eigenvalue weighted by Crippen LogP contribution is 2.22. The predicted octanol–water partition coefficient (Wildman–Crippen LogP) is 1.12. The lowest BCUT2D eigenvalue weighted by Crippen LogP contribution is -2.40. The van der Waals surface area contributed by atoms with Gasteiger partial charge in [-0.3, -0.25) is 14.9 Å². The molecule has 0 aliphatic carbocycles. The van der Waals surface area contributed by atoms with Crippen molar-refractivity contribution >= 4 is 17.4 Å². The van der Waals surface area contributed by atoms with Crippen molar-refractivity contribution in [3.05, 3.63) is 27.9 Å². The standard InChI is InChI=1S/C13H18N4O4/c1-8(9-2-4-21-5-3-9)16-13(18)10-6-12(14)15-7-11(10)17(19)20/h6-9H,2-5H2,1H3,(H2,14,15)(H,16,18). The first kappa shape index (κ1) is 15.2. The van der Waals surface area contributed by atoms with E-state index in [2.05, 4.69) is 10.3 Å². The van der Waals surface area contributed by atoms with Gasteiger partial charge in [-0.1, -0.05) is 0 Å². The van der Waals surface area contributed by atoms with Gasteiger partial charge in [0, 0.05) is 19.3 Å². The maximum Gasteiger partial charge on any atom is 0.300 e. The molecule has 0 bridgehead atoms. The Labute approximate surface area is 121 Å². The van der Waals surface area contributed by atoms with Crippen LogP contribution in [0.5, 0.6) is 0 Å². The Morgan fingerprint density at radius 3 is 2.86 bits per heavy atom. The fraction of sp³-hybridized carbons (Fsp3) is 0.538. The first-order valence-electron chi connectivity index (χ1n) is 6.77. The predicted molar refractivity (Wildman–Crippen MR) is 75.8 cm³/mol. The smallest absolute Gasteiger partial charge is 0.300 e. The van der Waals surface area contributed by atoms with Crippen LogP contribution < -0.4 is 11.1 Å². The van der Waals surface area contributed by atoms with Crippen molar-refractivity contribution in [1.29, 1.82) is 0 Å². The van der Waals surface area contributed by atoms with Crippen LogP contribution in [0.15, 0.2) is 12.3 Å². The first-order valence-corrected chi connectivity index (χ1v) is 6.77. The number of hydrogen-bond donors (Lipinski definition) is 2. The number of nitrogens with zero attached hydrogens (tertiary/aromatic N) is 2. The van der Waals surface area contributed by atoms with E-state index in [1.54, 1.807) is 0 Å². The van der Waals surface area contributed by atoms with Crippen molar-refractivity contribution < 1.29 is 14.5 Å². The van der Waals surface area contributed by atoms with E-state index >= 15 is 0 Å². The topological polar surface area (TPSA) is 120 Å². The number of nitro groups is 1. The Morgan fingerprint density at radius 2 is 2.24 bits per heavy atom. The lowest BCUT2D eigenvalue weighted by Gasteiger charge is -2.28. The summed E-state index contributed by atoms with van der Waals surface area (Å²) in [5, 5.41) is 13.8. The van der Waals surface area contributed by atoms with Gasteiger partial charge in [-0.25, -0.2) is 4.98 Å². The second-order valence-electron chi connectivity index (χ2n) is 5.10. The van der Waals surface area contributed by atoms with E-state index < -0.39 is 10.8 Å². The number of pyridine rings is 1. The van der Waals surface area contributed by atoms with Gasteiger partial charge >= 0.3 is 0 Å². The molecule has 1 saturated heterocycles. The van der Waals surface area contributed by atoms with Crippen molar-refractivity contribution in [2.75, 3.05) is 18.9 Å². The highest BCUT2D eigenvalue weighted by molar-refractivity contribution is 5.98. The molecular weight excluding hydrogens is 276 g/mol. The number of carbonyl (C=O) groups is 1. The fourth-order valence-corrected chi connectivity index (χ4v) is 2.41. The monoisotopic (exact) mass is 294 g/mol. The fourth-order valence-electron chi connectivity index (χ4n) is 2.41. The average molecular weight is 294 g/mol. The Kier molecular flexibility index (Phi) is 4.69. The van der Waals surface area contributed by atoms with Crippen LogP contribution in [-0.4, -0.2) is 35.1 Å². The van der Waals surface area contributed by atoms with Crippen LogP contribution in [0.3, 0.4) is 0 Å². The van der Waals surface area contributed by atoms with E-state index in [0.717, 1.165) is 19.0 Å². The van der Waals surface area contributed by atoms with Crippen molar-refractivity contribution in [3.8, 4) is 0 Å². The highest BCUT2D eigenvalue weighted by Gasteiger charge is 2.26. The minimum atomic E-state index is -0.638. The number of nitrogens with one attached hydrogen (secondary N) is 1. The number of aromatic nitrogens is 1. The van der Waals surface area contributed by atoms with Crippen molar-refractivity contribution in [2.45, 2.75) is 25.8 Å². The molecule has 1 unspecified atom stereocenters. The van der Waals surface area contributed by atoms with Crippen LogP contribution >= 0.6 is 0 Å². The van der Waals surface area contributed by atoms with E-state index in [0.29, 0.717) is 19.1 Å². The second-order valence-corrected chi connectivity index (χ2v) is 5.10. The molecule has 21 heavy (non-hydrogen) atoms. The van der Waals surface area contributed by atoms with Crippen LogP contribution in [0.2, 0.25) is 0 Å². The average Bonchev–Trinajstić information content (AvgIpc) is 2.47. The minimum absolute atomic E-state index is 0.0635. The maximum absolute atomic E-state index is 12.2. The van der Waals surface area contributed by atoms with Gasteiger partial charge in [0.05, 0.1) is 4.92 Å². The van der Waals surface area contributed by atoms with E-state index in [1.165, 1.54) is 6.07 Å².